The van der Waals surface area contributed by atoms with Gasteiger partial charge in [0.1, 0.15) is 0 Å². The molecule has 5 nitrogen and oxygen atoms in total. The van der Waals surface area contributed by atoms with Crippen molar-refractivity contribution in [1.29, 1.82) is 0 Å². The van der Waals surface area contributed by atoms with Crippen molar-refractivity contribution in [3.05, 3.63) is 21.3 Å². The van der Waals surface area contributed by atoms with E-state index in [9.17, 15) is 4.79 Å². The molecule has 3 rings (SSSR count). The molecule has 2 saturated heterocycles. The summed E-state index contributed by atoms with van der Waals surface area (Å²) in [6.45, 7) is 6.24. The largest absolute Gasteiger partial charge is 0.357 e. The first kappa shape index (κ1) is 16.6. The zero-order valence-electron chi connectivity index (χ0n) is 13.4. The van der Waals surface area contributed by atoms with Gasteiger partial charge in [-0.1, -0.05) is 11.6 Å². The molecule has 0 radical (unpaired) electrons. The second-order valence-corrected chi connectivity index (χ2v) is 8.15. The van der Waals surface area contributed by atoms with Crippen LogP contribution >= 0.6 is 22.9 Å². The predicted octanol–water partition coefficient (Wildman–Crippen LogP) is 2.47. The third-order valence-corrected chi connectivity index (χ3v) is 5.72. The fraction of sp³-hybridized carbons (Fsp3) is 0.625. The minimum absolute atomic E-state index is 0.0811. The number of hydrogen-bond donors (Lipinski definition) is 2. The smallest absolute Gasteiger partial charge is 0.220 e. The Hall–Kier alpha value is -1.27. The Bertz CT molecular complexity index is 603. The average Bonchev–Trinajstić information content (AvgIpc) is 3.10. The molecule has 1 unspecified atom stereocenters. The molecule has 2 aliphatic rings. The number of rotatable bonds is 3. The third-order valence-electron chi connectivity index (χ3n) is 4.51. The fourth-order valence-corrected chi connectivity index (χ4v) is 4.46. The molecule has 126 valence electrons. The van der Waals surface area contributed by atoms with E-state index in [1.54, 1.807) is 11.3 Å². The number of thiophene rings is 1. The molecular formula is C16H23ClN4OS. The second-order valence-electron chi connectivity index (χ2n) is 6.35. The highest BCUT2D eigenvalue weighted by Crippen LogP contribution is 2.36. The lowest BCUT2D eigenvalue weighted by Crippen LogP contribution is -2.51. The molecule has 1 spiro atoms. The zero-order chi connectivity index (χ0) is 16.3. The highest BCUT2D eigenvalue weighted by Gasteiger charge is 2.42. The molecule has 2 N–H and O–H groups in total. The van der Waals surface area contributed by atoms with Gasteiger partial charge in [-0.2, -0.15) is 0 Å². The van der Waals surface area contributed by atoms with E-state index in [1.807, 2.05) is 12.1 Å². The van der Waals surface area contributed by atoms with Gasteiger partial charge >= 0.3 is 0 Å². The molecule has 1 amide bonds. The van der Waals surface area contributed by atoms with Gasteiger partial charge in [0.15, 0.2) is 5.96 Å². The molecule has 23 heavy (non-hydrogen) atoms. The van der Waals surface area contributed by atoms with Gasteiger partial charge in [0.05, 0.1) is 10.9 Å². The van der Waals surface area contributed by atoms with Gasteiger partial charge in [0.2, 0.25) is 5.91 Å². The summed E-state index contributed by atoms with van der Waals surface area (Å²) < 4.78 is 0.799. The van der Waals surface area contributed by atoms with E-state index in [-0.39, 0.29) is 11.3 Å². The van der Waals surface area contributed by atoms with E-state index in [0.717, 1.165) is 54.2 Å². The number of nitrogens with one attached hydrogen (secondary N) is 2. The van der Waals surface area contributed by atoms with Crippen LogP contribution in [0.5, 0.6) is 0 Å². The van der Waals surface area contributed by atoms with Crippen LogP contribution in [-0.2, 0) is 11.3 Å². The van der Waals surface area contributed by atoms with Crippen molar-refractivity contribution in [2.45, 2.75) is 32.7 Å². The summed E-state index contributed by atoms with van der Waals surface area (Å²) in [7, 11) is 0. The van der Waals surface area contributed by atoms with Crippen LogP contribution in [0.25, 0.3) is 0 Å². The molecule has 1 aromatic heterocycles. The van der Waals surface area contributed by atoms with Crippen molar-refractivity contribution >= 4 is 34.8 Å². The topological polar surface area (TPSA) is 56.7 Å². The van der Waals surface area contributed by atoms with E-state index < -0.39 is 0 Å². The molecule has 2 aliphatic heterocycles. The Balaban J connectivity index is 1.70. The lowest BCUT2D eigenvalue weighted by atomic mass is 9.79. The first-order chi connectivity index (χ1) is 11.1. The van der Waals surface area contributed by atoms with Gasteiger partial charge in [-0.05, 0) is 31.9 Å². The number of halogens is 1. The van der Waals surface area contributed by atoms with Crippen molar-refractivity contribution < 1.29 is 4.79 Å². The summed E-state index contributed by atoms with van der Waals surface area (Å²) >= 11 is 7.56. The van der Waals surface area contributed by atoms with Crippen molar-refractivity contribution in [1.82, 2.24) is 15.5 Å². The SMILES string of the molecule is CCNC(=NCc1ccc(Cl)s1)N1CCCC2(CNC(=O)C2)C1. The zero-order valence-corrected chi connectivity index (χ0v) is 15.0. The van der Waals surface area contributed by atoms with Crippen molar-refractivity contribution in [3.63, 3.8) is 0 Å². The molecule has 3 heterocycles. The number of amides is 1. The van der Waals surface area contributed by atoms with Crippen molar-refractivity contribution in [2.75, 3.05) is 26.2 Å². The average molecular weight is 355 g/mol. The monoisotopic (exact) mass is 354 g/mol. The van der Waals surface area contributed by atoms with Gasteiger partial charge in [-0.3, -0.25) is 4.79 Å². The van der Waals surface area contributed by atoms with Crippen LogP contribution in [0, 0.1) is 5.41 Å². The Morgan fingerprint density at radius 3 is 3.09 bits per heavy atom. The summed E-state index contributed by atoms with van der Waals surface area (Å²) in [4.78, 5) is 19.9. The normalized spacial score (nSPS) is 25.0. The van der Waals surface area contributed by atoms with Crippen LogP contribution in [0.4, 0.5) is 0 Å². The summed E-state index contributed by atoms with van der Waals surface area (Å²) in [6, 6.07) is 3.94. The number of carbonyl (C=O) groups excluding carboxylic acids is 1. The van der Waals surface area contributed by atoms with Crippen molar-refractivity contribution in [3.8, 4) is 0 Å². The van der Waals surface area contributed by atoms with Gasteiger partial charge in [-0.15, -0.1) is 11.3 Å². The third kappa shape index (κ3) is 3.98. The minimum Gasteiger partial charge on any atom is -0.357 e. The Morgan fingerprint density at radius 2 is 2.43 bits per heavy atom. The Morgan fingerprint density at radius 1 is 1.57 bits per heavy atom. The predicted molar refractivity (Wildman–Crippen MR) is 95.0 cm³/mol. The first-order valence-electron chi connectivity index (χ1n) is 8.14. The summed E-state index contributed by atoms with van der Waals surface area (Å²) in [5.41, 5.74) is 0.0811. The first-order valence-corrected chi connectivity index (χ1v) is 9.34. The molecule has 2 fully saturated rings. The highest BCUT2D eigenvalue weighted by atomic mass is 35.5. The molecule has 7 heteroatoms. The van der Waals surface area contributed by atoms with Crippen LogP contribution in [-0.4, -0.2) is 42.9 Å². The van der Waals surface area contributed by atoms with Crippen LogP contribution in [0.1, 0.15) is 31.1 Å². The summed E-state index contributed by atoms with van der Waals surface area (Å²) in [6.07, 6.45) is 2.86. The highest BCUT2D eigenvalue weighted by molar-refractivity contribution is 7.16. The molecule has 1 atom stereocenters. The molecule has 0 bridgehead atoms. The van der Waals surface area contributed by atoms with Crippen molar-refractivity contribution in [2.24, 2.45) is 10.4 Å². The van der Waals surface area contributed by atoms with Gasteiger partial charge in [-0.25, -0.2) is 4.99 Å². The van der Waals surface area contributed by atoms with Crippen LogP contribution < -0.4 is 10.6 Å². The fourth-order valence-electron chi connectivity index (χ4n) is 3.44. The molecule has 0 saturated carbocycles. The van der Waals surface area contributed by atoms with E-state index in [4.69, 9.17) is 16.6 Å². The van der Waals surface area contributed by atoms with Crippen LogP contribution in [0.15, 0.2) is 17.1 Å². The number of hydrogen-bond acceptors (Lipinski definition) is 3. The van der Waals surface area contributed by atoms with E-state index in [2.05, 4.69) is 22.5 Å². The van der Waals surface area contributed by atoms with E-state index in [1.165, 1.54) is 0 Å². The summed E-state index contributed by atoms with van der Waals surface area (Å²) in [5, 5.41) is 6.38. The quantitative estimate of drug-likeness (QED) is 0.647. The number of piperidine rings is 1. The van der Waals surface area contributed by atoms with Crippen LogP contribution in [0.3, 0.4) is 0 Å². The molecule has 1 aromatic rings. The van der Waals surface area contributed by atoms with E-state index in [0.29, 0.717) is 13.0 Å². The Kier molecular flexibility index (Phi) is 5.11. The number of aliphatic imine (C=N–C) groups is 1. The number of likely N-dealkylation sites (tertiary alicyclic amines) is 1. The molecule has 0 aliphatic carbocycles. The molecular weight excluding hydrogens is 332 g/mol. The summed E-state index contributed by atoms with van der Waals surface area (Å²) in [5.74, 6) is 1.12. The standard InChI is InChI=1S/C16H23ClN4OS/c1-2-18-15(19-9-12-4-5-13(17)23-12)21-7-3-6-16(11-21)8-14(22)20-10-16/h4-5H,2-3,6-11H2,1H3,(H,18,19)(H,20,22). The maximum Gasteiger partial charge on any atom is 0.220 e. The van der Waals surface area contributed by atoms with Gasteiger partial charge < -0.3 is 15.5 Å². The minimum atomic E-state index is 0.0811. The maximum atomic E-state index is 11.6. The maximum absolute atomic E-state index is 11.6. The number of carbonyl (C=O) groups is 1. The number of guanidine groups is 1. The van der Waals surface area contributed by atoms with Gasteiger partial charge in [0, 0.05) is 42.9 Å². The Labute approximate surface area is 146 Å². The van der Waals surface area contributed by atoms with Crippen LogP contribution in [0.2, 0.25) is 4.34 Å². The number of nitrogens with zero attached hydrogens (tertiary/aromatic N) is 2. The second kappa shape index (κ2) is 7.09. The lowest BCUT2D eigenvalue weighted by Gasteiger charge is -2.40. The van der Waals surface area contributed by atoms with E-state index >= 15 is 0 Å². The lowest BCUT2D eigenvalue weighted by molar-refractivity contribution is -0.119. The molecule has 0 aromatic carbocycles. The van der Waals surface area contributed by atoms with Gasteiger partial charge in [0.25, 0.3) is 0 Å².